The van der Waals surface area contributed by atoms with E-state index in [-0.39, 0.29) is 11.3 Å². The van der Waals surface area contributed by atoms with E-state index in [1.807, 2.05) is 0 Å². The summed E-state index contributed by atoms with van der Waals surface area (Å²) in [4.78, 5) is 35.1. The summed E-state index contributed by atoms with van der Waals surface area (Å²) >= 11 is 0. The van der Waals surface area contributed by atoms with Crippen molar-refractivity contribution in [3.8, 4) is 5.75 Å². The molecular weight excluding hydrogens is 340 g/mol. The summed E-state index contributed by atoms with van der Waals surface area (Å²) < 4.78 is 10.2. The highest BCUT2D eigenvalue weighted by Crippen LogP contribution is 2.23. The third kappa shape index (κ3) is 4.15. The minimum absolute atomic E-state index is 0.0175. The molecular formula is C18H18N2O6. The minimum atomic E-state index is -1.06. The zero-order valence-corrected chi connectivity index (χ0v) is 14.5. The number of nitro groups is 1. The average Bonchev–Trinajstić information content (AvgIpc) is 2.66. The molecule has 0 aliphatic rings. The molecule has 8 nitrogen and oxygen atoms in total. The van der Waals surface area contributed by atoms with Gasteiger partial charge in [-0.05, 0) is 37.3 Å². The standard InChI is InChI=1S/C18H18N2O6/c1-11(17(21)12-4-7-14(25-3)8-5-12)26-18(22)15-10-13(20(23)24)6-9-16(15)19-2/h4-11,19H,1-3H3/t11-/m0/s1. The lowest BCUT2D eigenvalue weighted by molar-refractivity contribution is -0.384. The van der Waals surface area contributed by atoms with Crippen LogP contribution in [0.2, 0.25) is 0 Å². The summed E-state index contributed by atoms with van der Waals surface area (Å²) in [6.07, 6.45) is -1.06. The van der Waals surface area contributed by atoms with Crippen LogP contribution in [0.25, 0.3) is 0 Å². The highest BCUT2D eigenvalue weighted by Gasteiger charge is 2.23. The molecule has 0 aromatic heterocycles. The van der Waals surface area contributed by atoms with Gasteiger partial charge in [-0.25, -0.2) is 4.79 Å². The predicted molar refractivity (Wildman–Crippen MR) is 94.8 cm³/mol. The monoisotopic (exact) mass is 358 g/mol. The van der Waals surface area contributed by atoms with Gasteiger partial charge in [0.25, 0.3) is 5.69 Å². The van der Waals surface area contributed by atoms with Crippen LogP contribution in [0.1, 0.15) is 27.6 Å². The fourth-order valence-corrected chi connectivity index (χ4v) is 2.30. The van der Waals surface area contributed by atoms with Crippen LogP contribution < -0.4 is 10.1 Å². The highest BCUT2D eigenvalue weighted by atomic mass is 16.6. The Bertz CT molecular complexity index is 832. The molecule has 1 atom stereocenters. The molecule has 0 bridgehead atoms. The number of Topliss-reactive ketones (excluding diaryl/α,β-unsaturated/α-hetero) is 1. The molecule has 2 rings (SSSR count). The number of carbonyl (C=O) groups is 2. The maximum Gasteiger partial charge on any atom is 0.341 e. The van der Waals surface area contributed by atoms with E-state index in [2.05, 4.69) is 5.32 Å². The second kappa shape index (κ2) is 8.11. The van der Waals surface area contributed by atoms with Gasteiger partial charge in [-0.3, -0.25) is 14.9 Å². The molecule has 1 N–H and O–H groups in total. The van der Waals surface area contributed by atoms with Gasteiger partial charge in [0, 0.05) is 30.4 Å². The molecule has 0 spiro atoms. The number of benzene rings is 2. The number of nitrogens with zero attached hydrogens (tertiary/aromatic N) is 1. The van der Waals surface area contributed by atoms with Crippen LogP contribution in [0.15, 0.2) is 42.5 Å². The highest BCUT2D eigenvalue weighted by molar-refractivity contribution is 6.02. The van der Waals surface area contributed by atoms with Crippen LogP contribution in [0, 0.1) is 10.1 Å². The van der Waals surface area contributed by atoms with Crippen LogP contribution >= 0.6 is 0 Å². The molecule has 0 fully saturated rings. The number of esters is 1. The summed E-state index contributed by atoms with van der Waals surface area (Å²) in [6.45, 7) is 1.45. The van der Waals surface area contributed by atoms with Crippen LogP contribution in [-0.2, 0) is 4.74 Å². The number of non-ortho nitro benzene ring substituents is 1. The summed E-state index contributed by atoms with van der Waals surface area (Å²) in [5, 5.41) is 13.7. The van der Waals surface area contributed by atoms with E-state index >= 15 is 0 Å². The van der Waals surface area contributed by atoms with Crippen molar-refractivity contribution < 1.29 is 24.0 Å². The first-order valence-corrected chi connectivity index (χ1v) is 7.72. The van der Waals surface area contributed by atoms with E-state index in [1.165, 1.54) is 26.2 Å². The third-order valence-corrected chi connectivity index (χ3v) is 3.73. The largest absolute Gasteiger partial charge is 0.497 e. The van der Waals surface area contributed by atoms with Gasteiger partial charge in [-0.1, -0.05) is 0 Å². The summed E-state index contributed by atoms with van der Waals surface area (Å²) in [5.41, 5.74) is 0.463. The Balaban J connectivity index is 2.18. The molecule has 8 heteroatoms. The molecule has 0 aliphatic heterocycles. The molecule has 0 radical (unpaired) electrons. The minimum Gasteiger partial charge on any atom is -0.497 e. The van der Waals surface area contributed by atoms with Crippen molar-refractivity contribution in [1.82, 2.24) is 0 Å². The number of ketones is 1. The Morgan fingerprint density at radius 2 is 1.81 bits per heavy atom. The van der Waals surface area contributed by atoms with Crippen molar-refractivity contribution in [2.75, 3.05) is 19.5 Å². The summed E-state index contributed by atoms with van der Waals surface area (Å²) in [5.74, 6) is -0.619. The second-order valence-corrected chi connectivity index (χ2v) is 5.38. The van der Waals surface area contributed by atoms with E-state index in [0.29, 0.717) is 17.0 Å². The molecule has 0 saturated carbocycles. The van der Waals surface area contributed by atoms with Gasteiger partial charge in [0.15, 0.2) is 6.10 Å². The Hall–Kier alpha value is -3.42. The topological polar surface area (TPSA) is 108 Å². The quantitative estimate of drug-likeness (QED) is 0.351. The number of anilines is 1. The molecule has 0 unspecified atom stereocenters. The van der Waals surface area contributed by atoms with E-state index < -0.39 is 22.8 Å². The Morgan fingerprint density at radius 1 is 1.15 bits per heavy atom. The Kier molecular flexibility index (Phi) is 5.90. The molecule has 26 heavy (non-hydrogen) atoms. The van der Waals surface area contributed by atoms with E-state index in [0.717, 1.165) is 6.07 Å². The average molecular weight is 358 g/mol. The summed E-state index contributed by atoms with van der Waals surface area (Å²) in [6, 6.07) is 10.2. The number of hydrogen-bond donors (Lipinski definition) is 1. The zero-order chi connectivity index (χ0) is 19.3. The smallest absolute Gasteiger partial charge is 0.341 e. The summed E-state index contributed by atoms with van der Waals surface area (Å²) in [7, 11) is 3.09. The predicted octanol–water partition coefficient (Wildman–Crippen LogP) is 3.07. The van der Waals surface area contributed by atoms with E-state index in [4.69, 9.17) is 9.47 Å². The maximum atomic E-state index is 12.4. The maximum absolute atomic E-state index is 12.4. The number of hydrogen-bond acceptors (Lipinski definition) is 7. The van der Waals surface area contributed by atoms with Gasteiger partial charge in [0.1, 0.15) is 5.75 Å². The Morgan fingerprint density at radius 3 is 2.35 bits per heavy atom. The zero-order valence-electron chi connectivity index (χ0n) is 14.5. The molecule has 2 aromatic carbocycles. The number of carbonyl (C=O) groups excluding carboxylic acids is 2. The van der Waals surface area contributed by atoms with E-state index in [1.54, 1.807) is 31.3 Å². The van der Waals surface area contributed by atoms with Crippen LogP contribution in [-0.4, -0.2) is 36.9 Å². The first-order valence-electron chi connectivity index (χ1n) is 7.72. The normalized spacial score (nSPS) is 11.3. The number of nitro benzene ring substituents is 1. The lowest BCUT2D eigenvalue weighted by Crippen LogP contribution is -2.25. The number of rotatable bonds is 7. The van der Waals surface area contributed by atoms with E-state index in [9.17, 15) is 19.7 Å². The molecule has 0 saturated heterocycles. The van der Waals surface area contributed by atoms with Crippen LogP contribution in [0.5, 0.6) is 5.75 Å². The van der Waals surface area contributed by atoms with Crippen molar-refractivity contribution in [2.24, 2.45) is 0 Å². The fourth-order valence-electron chi connectivity index (χ4n) is 2.30. The first kappa shape index (κ1) is 18.9. The molecule has 0 amide bonds. The van der Waals surface area contributed by atoms with Gasteiger partial charge in [0.2, 0.25) is 5.78 Å². The number of nitrogens with one attached hydrogen (secondary N) is 1. The van der Waals surface area contributed by atoms with Gasteiger partial charge in [0.05, 0.1) is 17.6 Å². The van der Waals surface area contributed by atoms with Gasteiger partial charge in [-0.2, -0.15) is 0 Å². The first-order chi connectivity index (χ1) is 12.4. The molecule has 0 heterocycles. The third-order valence-electron chi connectivity index (χ3n) is 3.73. The van der Waals surface area contributed by atoms with Gasteiger partial charge in [-0.15, -0.1) is 0 Å². The molecule has 136 valence electrons. The second-order valence-electron chi connectivity index (χ2n) is 5.38. The van der Waals surface area contributed by atoms with Gasteiger partial charge >= 0.3 is 5.97 Å². The van der Waals surface area contributed by atoms with Crippen molar-refractivity contribution >= 4 is 23.1 Å². The van der Waals surface area contributed by atoms with Crippen molar-refractivity contribution in [2.45, 2.75) is 13.0 Å². The fraction of sp³-hybridized carbons (Fsp3) is 0.222. The van der Waals surface area contributed by atoms with Crippen molar-refractivity contribution in [1.29, 1.82) is 0 Å². The van der Waals surface area contributed by atoms with Crippen LogP contribution in [0.3, 0.4) is 0 Å². The number of ether oxygens (including phenoxy) is 2. The lowest BCUT2D eigenvalue weighted by Gasteiger charge is -2.14. The van der Waals surface area contributed by atoms with Gasteiger partial charge < -0.3 is 14.8 Å². The number of methoxy groups -OCH3 is 1. The molecule has 0 aliphatic carbocycles. The molecule has 2 aromatic rings. The lowest BCUT2D eigenvalue weighted by atomic mass is 10.1. The van der Waals surface area contributed by atoms with Crippen molar-refractivity contribution in [3.05, 3.63) is 63.7 Å². The SMILES string of the molecule is CNc1ccc([N+](=O)[O-])cc1C(=O)O[C@@H](C)C(=O)c1ccc(OC)cc1. The van der Waals surface area contributed by atoms with Crippen molar-refractivity contribution in [3.63, 3.8) is 0 Å². The van der Waals surface area contributed by atoms with Crippen LogP contribution in [0.4, 0.5) is 11.4 Å². The Labute approximate surface area is 149 Å².